The highest BCUT2D eigenvalue weighted by Gasteiger charge is 2.44. The quantitative estimate of drug-likeness (QED) is 0.661. The molecule has 0 saturated heterocycles. The van der Waals surface area contributed by atoms with Crippen molar-refractivity contribution in [2.75, 3.05) is 0 Å². The monoisotopic (exact) mass is 154 g/mol. The van der Waals surface area contributed by atoms with Crippen LogP contribution in [0.3, 0.4) is 0 Å². The van der Waals surface area contributed by atoms with Crippen molar-refractivity contribution in [2.24, 2.45) is 11.3 Å². The molecular weight excluding hydrogens is 136 g/mol. The predicted molar refractivity (Wildman–Crippen MR) is 45.3 cm³/mol. The molecule has 0 amide bonds. The number of hydrogen-bond donors (Lipinski definition) is 1. The van der Waals surface area contributed by atoms with E-state index >= 15 is 0 Å². The van der Waals surface area contributed by atoms with Crippen molar-refractivity contribution in [2.45, 2.75) is 51.6 Å². The predicted octanol–water partition coefficient (Wildman–Crippen LogP) is 2.34. The molecule has 2 aliphatic carbocycles. The standard InChI is InChI=1S/C10H18O/c1-10(5-6-10)9(11)7-8-3-2-4-8/h8-9,11H,2-7H2,1H3. The van der Waals surface area contributed by atoms with Gasteiger partial charge in [-0.05, 0) is 30.6 Å². The minimum absolute atomic E-state index is 0.00722. The van der Waals surface area contributed by atoms with Gasteiger partial charge in [0.05, 0.1) is 6.10 Å². The lowest BCUT2D eigenvalue weighted by atomic mass is 9.79. The smallest absolute Gasteiger partial charge is 0.0596 e. The van der Waals surface area contributed by atoms with E-state index in [1.807, 2.05) is 0 Å². The highest BCUT2D eigenvalue weighted by molar-refractivity contribution is 4.95. The second-order valence-corrected chi connectivity index (χ2v) is 4.70. The van der Waals surface area contributed by atoms with Crippen molar-refractivity contribution < 1.29 is 5.11 Å². The zero-order valence-electron chi connectivity index (χ0n) is 7.34. The Balaban J connectivity index is 1.76. The summed E-state index contributed by atoms with van der Waals surface area (Å²) in [5.74, 6) is 0.863. The van der Waals surface area contributed by atoms with E-state index in [1.54, 1.807) is 0 Å². The first-order chi connectivity index (χ1) is 5.21. The van der Waals surface area contributed by atoms with Gasteiger partial charge in [-0.1, -0.05) is 26.2 Å². The lowest BCUT2D eigenvalue weighted by Gasteiger charge is -2.29. The molecule has 0 heterocycles. The summed E-state index contributed by atoms with van der Waals surface area (Å²) in [7, 11) is 0. The van der Waals surface area contributed by atoms with Crippen LogP contribution >= 0.6 is 0 Å². The van der Waals surface area contributed by atoms with E-state index in [-0.39, 0.29) is 6.10 Å². The lowest BCUT2D eigenvalue weighted by molar-refractivity contribution is 0.0611. The van der Waals surface area contributed by atoms with Gasteiger partial charge in [0.2, 0.25) is 0 Å². The number of rotatable bonds is 3. The Labute approximate surface area is 68.8 Å². The van der Waals surface area contributed by atoms with Gasteiger partial charge < -0.3 is 5.11 Å². The lowest BCUT2D eigenvalue weighted by Crippen LogP contribution is -2.25. The Morgan fingerprint density at radius 2 is 2.09 bits per heavy atom. The third-order valence-electron chi connectivity index (χ3n) is 3.62. The van der Waals surface area contributed by atoms with Gasteiger partial charge >= 0.3 is 0 Å². The Morgan fingerprint density at radius 3 is 2.45 bits per heavy atom. The summed E-state index contributed by atoms with van der Waals surface area (Å²) in [4.78, 5) is 0. The van der Waals surface area contributed by atoms with Gasteiger partial charge in [-0.2, -0.15) is 0 Å². The zero-order chi connectivity index (χ0) is 7.90. The molecule has 1 nitrogen and oxygen atoms in total. The molecule has 0 aliphatic heterocycles. The zero-order valence-corrected chi connectivity index (χ0v) is 7.34. The fraction of sp³-hybridized carbons (Fsp3) is 1.00. The van der Waals surface area contributed by atoms with Crippen molar-refractivity contribution in [1.29, 1.82) is 0 Å². The van der Waals surface area contributed by atoms with Gasteiger partial charge in [0.25, 0.3) is 0 Å². The number of aliphatic hydroxyl groups is 1. The Hall–Kier alpha value is -0.0400. The highest BCUT2D eigenvalue weighted by atomic mass is 16.3. The fourth-order valence-corrected chi connectivity index (χ4v) is 1.86. The Bertz CT molecular complexity index is 145. The molecule has 0 aromatic heterocycles. The maximum absolute atomic E-state index is 9.78. The molecule has 1 unspecified atom stereocenters. The van der Waals surface area contributed by atoms with Gasteiger partial charge in [-0.3, -0.25) is 0 Å². The number of aliphatic hydroxyl groups excluding tert-OH is 1. The van der Waals surface area contributed by atoms with E-state index in [0.29, 0.717) is 5.41 Å². The molecular formula is C10H18O. The largest absolute Gasteiger partial charge is 0.393 e. The second kappa shape index (κ2) is 2.48. The van der Waals surface area contributed by atoms with Crippen LogP contribution in [0.2, 0.25) is 0 Å². The van der Waals surface area contributed by atoms with E-state index in [1.165, 1.54) is 32.1 Å². The second-order valence-electron chi connectivity index (χ2n) is 4.70. The van der Waals surface area contributed by atoms with Gasteiger partial charge in [0, 0.05) is 0 Å². The van der Waals surface area contributed by atoms with Crippen molar-refractivity contribution in [1.82, 2.24) is 0 Å². The minimum atomic E-state index is 0.00722. The van der Waals surface area contributed by atoms with Crippen molar-refractivity contribution in [3.63, 3.8) is 0 Å². The first-order valence-electron chi connectivity index (χ1n) is 4.89. The molecule has 0 bridgehead atoms. The summed E-state index contributed by atoms with van der Waals surface area (Å²) >= 11 is 0. The summed E-state index contributed by atoms with van der Waals surface area (Å²) in [6.07, 6.45) is 7.72. The average molecular weight is 154 g/mol. The van der Waals surface area contributed by atoms with Crippen molar-refractivity contribution in [3.05, 3.63) is 0 Å². The van der Waals surface area contributed by atoms with E-state index in [0.717, 1.165) is 12.3 Å². The molecule has 1 heteroatoms. The maximum Gasteiger partial charge on any atom is 0.0596 e. The molecule has 2 rings (SSSR count). The van der Waals surface area contributed by atoms with Crippen LogP contribution in [0.25, 0.3) is 0 Å². The Kier molecular flexibility index (Phi) is 1.71. The van der Waals surface area contributed by atoms with Gasteiger partial charge in [-0.15, -0.1) is 0 Å². The molecule has 2 fully saturated rings. The molecule has 64 valence electrons. The van der Waals surface area contributed by atoms with E-state index in [4.69, 9.17) is 0 Å². The van der Waals surface area contributed by atoms with Crippen LogP contribution in [0.5, 0.6) is 0 Å². The van der Waals surface area contributed by atoms with E-state index in [9.17, 15) is 5.11 Å². The molecule has 2 saturated carbocycles. The van der Waals surface area contributed by atoms with Gasteiger partial charge in [0.15, 0.2) is 0 Å². The van der Waals surface area contributed by atoms with Crippen LogP contribution in [0.4, 0.5) is 0 Å². The summed E-state index contributed by atoms with van der Waals surface area (Å²) in [5, 5.41) is 9.78. The molecule has 0 aromatic carbocycles. The topological polar surface area (TPSA) is 20.2 Å². The first-order valence-corrected chi connectivity index (χ1v) is 4.89. The summed E-state index contributed by atoms with van der Waals surface area (Å²) < 4.78 is 0. The van der Waals surface area contributed by atoms with Gasteiger partial charge in [-0.25, -0.2) is 0 Å². The average Bonchev–Trinajstić information content (AvgIpc) is 2.59. The summed E-state index contributed by atoms with van der Waals surface area (Å²) in [5.41, 5.74) is 0.329. The molecule has 11 heavy (non-hydrogen) atoms. The van der Waals surface area contributed by atoms with Crippen molar-refractivity contribution in [3.8, 4) is 0 Å². The first kappa shape index (κ1) is 7.60. The van der Waals surface area contributed by atoms with Crippen LogP contribution in [-0.4, -0.2) is 11.2 Å². The molecule has 0 aromatic rings. The highest BCUT2D eigenvalue weighted by Crippen LogP contribution is 2.50. The van der Waals surface area contributed by atoms with E-state index < -0.39 is 0 Å². The normalized spacial score (nSPS) is 31.1. The Morgan fingerprint density at radius 1 is 1.45 bits per heavy atom. The van der Waals surface area contributed by atoms with Crippen LogP contribution in [-0.2, 0) is 0 Å². The van der Waals surface area contributed by atoms with Crippen LogP contribution in [0, 0.1) is 11.3 Å². The number of hydrogen-bond acceptors (Lipinski definition) is 1. The SMILES string of the molecule is CC1(C(O)CC2CCC2)CC1. The third kappa shape index (κ3) is 1.44. The molecule has 0 spiro atoms. The van der Waals surface area contributed by atoms with Crippen molar-refractivity contribution >= 4 is 0 Å². The molecule has 0 radical (unpaired) electrons. The molecule has 1 N–H and O–H groups in total. The summed E-state index contributed by atoms with van der Waals surface area (Å²) in [6, 6.07) is 0. The third-order valence-corrected chi connectivity index (χ3v) is 3.62. The van der Waals surface area contributed by atoms with Gasteiger partial charge in [0.1, 0.15) is 0 Å². The fourth-order valence-electron chi connectivity index (χ4n) is 1.86. The molecule has 2 aliphatic rings. The molecule has 1 atom stereocenters. The summed E-state index contributed by atoms with van der Waals surface area (Å²) in [6.45, 7) is 2.22. The minimum Gasteiger partial charge on any atom is -0.393 e. The van der Waals surface area contributed by atoms with Crippen LogP contribution < -0.4 is 0 Å². The van der Waals surface area contributed by atoms with Crippen LogP contribution in [0.1, 0.15) is 45.4 Å². The van der Waals surface area contributed by atoms with E-state index in [2.05, 4.69) is 6.92 Å². The van der Waals surface area contributed by atoms with Crippen LogP contribution in [0.15, 0.2) is 0 Å². The maximum atomic E-state index is 9.78.